The lowest BCUT2D eigenvalue weighted by molar-refractivity contribution is 0.659. The number of thioether (sulfide) groups is 1. The fourth-order valence-corrected chi connectivity index (χ4v) is 2.64. The highest BCUT2D eigenvalue weighted by molar-refractivity contribution is 7.98. The van der Waals surface area contributed by atoms with Crippen molar-refractivity contribution in [3.63, 3.8) is 0 Å². The highest BCUT2D eigenvalue weighted by Gasteiger charge is 2.16. The van der Waals surface area contributed by atoms with Crippen molar-refractivity contribution in [2.24, 2.45) is 0 Å². The quantitative estimate of drug-likeness (QED) is 0.859. The van der Waals surface area contributed by atoms with Crippen LogP contribution in [-0.4, -0.2) is 35.1 Å². The van der Waals surface area contributed by atoms with E-state index in [0.717, 1.165) is 23.8 Å². The van der Waals surface area contributed by atoms with E-state index in [4.69, 9.17) is 5.73 Å². The van der Waals surface area contributed by atoms with Crippen LogP contribution in [0, 0.1) is 0 Å². The summed E-state index contributed by atoms with van der Waals surface area (Å²) in [7, 11) is 2.08. The van der Waals surface area contributed by atoms with Crippen molar-refractivity contribution in [2.75, 3.05) is 29.7 Å². The molecular formula is C13H24N4S. The van der Waals surface area contributed by atoms with E-state index < -0.39 is 0 Å². The van der Waals surface area contributed by atoms with Crippen LogP contribution in [-0.2, 0) is 0 Å². The van der Waals surface area contributed by atoms with Gasteiger partial charge in [-0.2, -0.15) is 11.8 Å². The molecule has 0 fully saturated rings. The second-order valence-electron chi connectivity index (χ2n) is 4.79. The van der Waals surface area contributed by atoms with Crippen LogP contribution >= 0.6 is 11.8 Å². The molecular weight excluding hydrogens is 244 g/mol. The van der Waals surface area contributed by atoms with E-state index in [2.05, 4.69) is 48.9 Å². The van der Waals surface area contributed by atoms with E-state index in [0.29, 0.717) is 17.8 Å². The van der Waals surface area contributed by atoms with E-state index >= 15 is 0 Å². The molecule has 0 saturated carbocycles. The Bertz CT molecular complexity index is 381. The van der Waals surface area contributed by atoms with Crippen molar-refractivity contribution in [1.82, 2.24) is 9.97 Å². The number of aromatic nitrogens is 2. The molecule has 0 aromatic carbocycles. The molecule has 1 aromatic heterocycles. The van der Waals surface area contributed by atoms with Gasteiger partial charge in [-0.25, -0.2) is 9.97 Å². The maximum atomic E-state index is 5.87. The molecule has 0 bridgehead atoms. The Morgan fingerprint density at radius 3 is 2.56 bits per heavy atom. The minimum absolute atomic E-state index is 0.293. The molecule has 0 radical (unpaired) electrons. The number of anilines is 2. The van der Waals surface area contributed by atoms with Gasteiger partial charge < -0.3 is 10.6 Å². The van der Waals surface area contributed by atoms with Gasteiger partial charge in [0.1, 0.15) is 17.5 Å². The average molecular weight is 268 g/mol. The van der Waals surface area contributed by atoms with Crippen molar-refractivity contribution >= 4 is 23.4 Å². The number of nitrogens with zero attached hydrogens (tertiary/aromatic N) is 3. The topological polar surface area (TPSA) is 55.0 Å². The number of nitrogen functional groups attached to an aromatic ring is 1. The maximum absolute atomic E-state index is 5.87. The van der Waals surface area contributed by atoms with Gasteiger partial charge >= 0.3 is 0 Å². The van der Waals surface area contributed by atoms with E-state index in [-0.39, 0.29) is 0 Å². The minimum Gasteiger partial charge on any atom is -0.384 e. The number of rotatable bonds is 6. The van der Waals surface area contributed by atoms with Crippen LogP contribution in [0.2, 0.25) is 0 Å². The molecule has 0 aliphatic rings. The van der Waals surface area contributed by atoms with Crippen LogP contribution in [0.25, 0.3) is 0 Å². The summed E-state index contributed by atoms with van der Waals surface area (Å²) in [6.07, 6.45) is 3.22. The molecule has 5 heteroatoms. The fraction of sp³-hybridized carbons (Fsp3) is 0.692. The number of nitrogens with two attached hydrogens (primary N) is 1. The van der Waals surface area contributed by atoms with Crippen molar-refractivity contribution in [3.05, 3.63) is 11.9 Å². The molecule has 0 aliphatic carbocycles. The second kappa shape index (κ2) is 6.83. The molecule has 1 heterocycles. The summed E-state index contributed by atoms with van der Waals surface area (Å²) in [4.78, 5) is 11.1. The zero-order valence-electron chi connectivity index (χ0n) is 12.0. The van der Waals surface area contributed by atoms with E-state index in [1.807, 2.05) is 17.8 Å². The smallest absolute Gasteiger partial charge is 0.135 e. The minimum atomic E-state index is 0.293. The highest BCUT2D eigenvalue weighted by Crippen LogP contribution is 2.21. The normalized spacial score (nSPS) is 12.8. The third-order valence-corrected chi connectivity index (χ3v) is 3.72. The number of hydrogen-bond acceptors (Lipinski definition) is 5. The Morgan fingerprint density at radius 1 is 1.39 bits per heavy atom. The first-order valence-corrected chi connectivity index (χ1v) is 7.75. The monoisotopic (exact) mass is 268 g/mol. The largest absolute Gasteiger partial charge is 0.384 e. The summed E-state index contributed by atoms with van der Waals surface area (Å²) in [6.45, 7) is 6.36. The predicted octanol–water partition coefficient (Wildman–Crippen LogP) is 2.76. The van der Waals surface area contributed by atoms with Gasteiger partial charge in [0.2, 0.25) is 0 Å². The first-order valence-electron chi connectivity index (χ1n) is 6.35. The lowest BCUT2D eigenvalue weighted by atomic mass is 10.2. The van der Waals surface area contributed by atoms with Gasteiger partial charge in [-0.1, -0.05) is 20.8 Å². The van der Waals surface area contributed by atoms with Crippen molar-refractivity contribution in [1.29, 1.82) is 0 Å². The summed E-state index contributed by atoms with van der Waals surface area (Å²) in [5, 5.41) is 0. The second-order valence-corrected chi connectivity index (χ2v) is 5.70. The van der Waals surface area contributed by atoms with Gasteiger partial charge in [-0.05, 0) is 12.7 Å². The first-order chi connectivity index (χ1) is 8.49. The zero-order chi connectivity index (χ0) is 13.7. The lowest BCUT2D eigenvalue weighted by Gasteiger charge is -2.28. The summed E-state index contributed by atoms with van der Waals surface area (Å²) in [5.41, 5.74) is 5.87. The van der Waals surface area contributed by atoms with Gasteiger partial charge in [0.25, 0.3) is 0 Å². The van der Waals surface area contributed by atoms with E-state index in [9.17, 15) is 0 Å². The van der Waals surface area contributed by atoms with Crippen molar-refractivity contribution in [2.45, 2.75) is 39.2 Å². The molecule has 1 aromatic rings. The molecule has 18 heavy (non-hydrogen) atoms. The Hall–Kier alpha value is -0.970. The standard InChI is InChI=1S/C13H24N4S/c1-6-10(8-18-5)17(4)12-7-11(14)15-13(16-12)9(2)3/h7,9-10H,6,8H2,1-5H3,(H2,14,15,16). The van der Waals surface area contributed by atoms with Gasteiger partial charge in [-0.3, -0.25) is 0 Å². The van der Waals surface area contributed by atoms with E-state index in [1.54, 1.807) is 0 Å². The van der Waals surface area contributed by atoms with Crippen LogP contribution < -0.4 is 10.6 Å². The molecule has 1 unspecified atom stereocenters. The van der Waals surface area contributed by atoms with Crippen LogP contribution in [0.4, 0.5) is 11.6 Å². The van der Waals surface area contributed by atoms with Crippen LogP contribution in [0.3, 0.4) is 0 Å². The highest BCUT2D eigenvalue weighted by atomic mass is 32.2. The van der Waals surface area contributed by atoms with Crippen molar-refractivity contribution < 1.29 is 0 Å². The van der Waals surface area contributed by atoms with Gasteiger partial charge in [0.05, 0.1) is 0 Å². The molecule has 4 nitrogen and oxygen atoms in total. The first kappa shape index (κ1) is 15.1. The third-order valence-electron chi connectivity index (χ3n) is 3.01. The predicted molar refractivity (Wildman–Crippen MR) is 81.4 cm³/mol. The van der Waals surface area contributed by atoms with Crippen LogP contribution in [0.5, 0.6) is 0 Å². The molecule has 0 aliphatic heterocycles. The van der Waals surface area contributed by atoms with Gasteiger partial charge in [0.15, 0.2) is 0 Å². The lowest BCUT2D eigenvalue weighted by Crippen LogP contribution is -2.34. The molecule has 0 spiro atoms. The fourth-order valence-electron chi connectivity index (χ4n) is 1.79. The van der Waals surface area contributed by atoms with Crippen LogP contribution in [0.1, 0.15) is 38.9 Å². The third kappa shape index (κ3) is 3.77. The summed E-state index contributed by atoms with van der Waals surface area (Å²) < 4.78 is 0. The maximum Gasteiger partial charge on any atom is 0.135 e. The summed E-state index contributed by atoms with van der Waals surface area (Å²) in [5.74, 6) is 3.67. The molecule has 102 valence electrons. The van der Waals surface area contributed by atoms with Gasteiger partial charge in [0, 0.05) is 30.8 Å². The molecule has 2 N–H and O–H groups in total. The van der Waals surface area contributed by atoms with E-state index in [1.165, 1.54) is 0 Å². The molecule has 0 saturated heterocycles. The SMILES string of the molecule is CCC(CSC)N(C)c1cc(N)nc(C(C)C)n1. The number of hydrogen-bond donors (Lipinski definition) is 1. The Kier molecular flexibility index (Phi) is 5.72. The summed E-state index contributed by atoms with van der Waals surface area (Å²) >= 11 is 1.86. The van der Waals surface area contributed by atoms with Crippen LogP contribution in [0.15, 0.2) is 6.07 Å². The summed E-state index contributed by atoms with van der Waals surface area (Å²) in [6, 6.07) is 2.34. The Balaban J connectivity index is 3.00. The molecule has 1 atom stereocenters. The Labute approximate surface area is 114 Å². The molecule has 0 amide bonds. The zero-order valence-corrected chi connectivity index (χ0v) is 12.8. The average Bonchev–Trinajstić information content (AvgIpc) is 2.34. The molecule has 1 rings (SSSR count). The van der Waals surface area contributed by atoms with Gasteiger partial charge in [-0.15, -0.1) is 0 Å². The van der Waals surface area contributed by atoms with Crippen molar-refractivity contribution in [3.8, 4) is 0 Å². The Morgan fingerprint density at radius 2 is 2.06 bits per heavy atom.